The molecule has 19 heavy (non-hydrogen) atoms. The molecule has 0 heterocycles. The summed E-state index contributed by atoms with van der Waals surface area (Å²) in [6.45, 7) is 4.72. The summed E-state index contributed by atoms with van der Waals surface area (Å²) in [5.41, 5.74) is 0.246. The van der Waals surface area contributed by atoms with E-state index in [1.165, 1.54) is 0 Å². The Morgan fingerprint density at radius 3 is 2.68 bits per heavy atom. The van der Waals surface area contributed by atoms with Gasteiger partial charge < -0.3 is 20.5 Å². The zero-order valence-corrected chi connectivity index (χ0v) is 11.9. The maximum atomic E-state index is 11.6. The van der Waals surface area contributed by atoms with Crippen LogP contribution in [0.5, 0.6) is 11.5 Å². The van der Waals surface area contributed by atoms with E-state index in [0.29, 0.717) is 18.8 Å². The van der Waals surface area contributed by atoms with Crippen LogP contribution in [-0.4, -0.2) is 31.7 Å². The predicted octanol–water partition coefficient (Wildman–Crippen LogP) is 1.26. The van der Waals surface area contributed by atoms with Gasteiger partial charge in [-0.3, -0.25) is 4.79 Å². The monoisotopic (exact) mass is 266 g/mol. The summed E-state index contributed by atoms with van der Waals surface area (Å²) >= 11 is 0. The molecule has 5 nitrogen and oxygen atoms in total. The van der Waals surface area contributed by atoms with E-state index in [4.69, 9.17) is 4.74 Å². The van der Waals surface area contributed by atoms with Crippen LogP contribution < -0.4 is 15.4 Å². The molecule has 1 amide bonds. The van der Waals surface area contributed by atoms with Gasteiger partial charge in [0, 0.05) is 25.7 Å². The third kappa shape index (κ3) is 4.13. The van der Waals surface area contributed by atoms with E-state index >= 15 is 0 Å². The zero-order valence-electron chi connectivity index (χ0n) is 11.9. The highest BCUT2D eigenvalue weighted by Crippen LogP contribution is 2.23. The van der Waals surface area contributed by atoms with E-state index in [2.05, 4.69) is 10.6 Å². The van der Waals surface area contributed by atoms with E-state index in [9.17, 15) is 9.90 Å². The summed E-state index contributed by atoms with van der Waals surface area (Å²) in [7, 11) is 3.20. The number of rotatable bonds is 6. The van der Waals surface area contributed by atoms with Gasteiger partial charge in [-0.25, -0.2) is 0 Å². The Morgan fingerprint density at radius 2 is 2.11 bits per heavy atom. The third-order valence-electron chi connectivity index (χ3n) is 3.01. The number of benzene rings is 1. The summed E-state index contributed by atoms with van der Waals surface area (Å²) < 4.78 is 5.11. The van der Waals surface area contributed by atoms with Crippen LogP contribution in [-0.2, 0) is 11.3 Å². The van der Waals surface area contributed by atoms with Crippen LogP contribution >= 0.6 is 0 Å². The Morgan fingerprint density at radius 1 is 1.42 bits per heavy atom. The molecule has 0 aliphatic carbocycles. The Labute approximate surface area is 114 Å². The third-order valence-corrected chi connectivity index (χ3v) is 3.01. The molecule has 0 aromatic heterocycles. The van der Waals surface area contributed by atoms with Crippen molar-refractivity contribution in [3.63, 3.8) is 0 Å². The fraction of sp³-hybridized carbons (Fsp3) is 0.500. The van der Waals surface area contributed by atoms with Crippen molar-refractivity contribution in [3.8, 4) is 11.5 Å². The van der Waals surface area contributed by atoms with Gasteiger partial charge in [0.15, 0.2) is 0 Å². The fourth-order valence-electron chi connectivity index (χ4n) is 1.76. The number of methoxy groups -OCH3 is 1. The summed E-state index contributed by atoms with van der Waals surface area (Å²) in [5, 5.41) is 15.5. The van der Waals surface area contributed by atoms with Crippen molar-refractivity contribution in [2.24, 2.45) is 5.41 Å². The molecule has 3 N–H and O–H groups in total. The molecule has 5 heteroatoms. The summed E-state index contributed by atoms with van der Waals surface area (Å²) in [5.74, 6) is 0.890. The number of carbonyl (C=O) groups excluding carboxylic acids is 1. The fourth-order valence-corrected chi connectivity index (χ4v) is 1.76. The van der Waals surface area contributed by atoms with E-state index in [-0.39, 0.29) is 11.7 Å². The van der Waals surface area contributed by atoms with Gasteiger partial charge >= 0.3 is 0 Å². The van der Waals surface area contributed by atoms with E-state index < -0.39 is 5.41 Å². The average molecular weight is 266 g/mol. The molecule has 1 aromatic carbocycles. The second-order valence-electron chi connectivity index (χ2n) is 5.06. The molecule has 106 valence electrons. The molecule has 0 radical (unpaired) electrons. The van der Waals surface area contributed by atoms with Gasteiger partial charge in [-0.15, -0.1) is 0 Å². The minimum Gasteiger partial charge on any atom is -0.508 e. The Hall–Kier alpha value is -1.75. The largest absolute Gasteiger partial charge is 0.508 e. The van der Waals surface area contributed by atoms with Gasteiger partial charge in [-0.1, -0.05) is 0 Å². The first-order valence-corrected chi connectivity index (χ1v) is 6.19. The van der Waals surface area contributed by atoms with E-state index in [1.54, 1.807) is 32.4 Å². The van der Waals surface area contributed by atoms with Crippen molar-refractivity contribution in [3.05, 3.63) is 23.8 Å². The van der Waals surface area contributed by atoms with Crippen molar-refractivity contribution in [2.45, 2.75) is 20.4 Å². The molecule has 0 saturated carbocycles. The molecule has 0 saturated heterocycles. The van der Waals surface area contributed by atoms with Gasteiger partial charge in [-0.2, -0.15) is 0 Å². The molecule has 0 fully saturated rings. The lowest BCUT2D eigenvalue weighted by Crippen LogP contribution is -2.41. The lowest BCUT2D eigenvalue weighted by Gasteiger charge is -2.23. The maximum Gasteiger partial charge on any atom is 0.226 e. The van der Waals surface area contributed by atoms with Crippen LogP contribution in [0.3, 0.4) is 0 Å². The van der Waals surface area contributed by atoms with Gasteiger partial charge in [-0.05, 0) is 32.0 Å². The molecule has 0 aliphatic rings. The summed E-state index contributed by atoms with van der Waals surface area (Å²) in [6.07, 6.45) is 0. The Bertz CT molecular complexity index is 444. The number of hydrogen-bond donors (Lipinski definition) is 3. The number of hydrogen-bond acceptors (Lipinski definition) is 4. The molecule has 0 aliphatic heterocycles. The number of carbonyl (C=O) groups is 1. The number of phenolic OH excluding ortho intramolecular Hbond substituents is 1. The predicted molar refractivity (Wildman–Crippen MR) is 74.2 cm³/mol. The Kier molecular flexibility index (Phi) is 5.18. The minimum atomic E-state index is -0.497. The van der Waals surface area contributed by atoms with Crippen LogP contribution in [0.1, 0.15) is 19.4 Å². The first-order valence-electron chi connectivity index (χ1n) is 6.19. The van der Waals surface area contributed by atoms with Gasteiger partial charge in [0.05, 0.1) is 12.5 Å². The van der Waals surface area contributed by atoms with Crippen molar-refractivity contribution < 1.29 is 14.6 Å². The second kappa shape index (κ2) is 6.43. The summed E-state index contributed by atoms with van der Waals surface area (Å²) in [6, 6.07) is 5.07. The van der Waals surface area contributed by atoms with E-state index in [1.807, 2.05) is 13.8 Å². The maximum absolute atomic E-state index is 11.6. The van der Waals surface area contributed by atoms with Crippen molar-refractivity contribution in [1.82, 2.24) is 10.6 Å². The van der Waals surface area contributed by atoms with Crippen molar-refractivity contribution in [1.29, 1.82) is 0 Å². The van der Waals surface area contributed by atoms with Crippen LogP contribution in [0, 0.1) is 5.41 Å². The number of nitrogens with one attached hydrogen (secondary N) is 2. The molecule has 0 atom stereocenters. The lowest BCUT2D eigenvalue weighted by molar-refractivity contribution is -0.128. The number of amides is 1. The van der Waals surface area contributed by atoms with E-state index in [0.717, 1.165) is 5.56 Å². The van der Waals surface area contributed by atoms with Crippen LogP contribution in [0.2, 0.25) is 0 Å². The topological polar surface area (TPSA) is 70.6 Å². The first-order chi connectivity index (χ1) is 8.90. The highest BCUT2D eigenvalue weighted by atomic mass is 16.5. The average Bonchev–Trinajstić information content (AvgIpc) is 2.39. The normalized spacial score (nSPS) is 11.2. The number of aromatic hydroxyl groups is 1. The Balaban J connectivity index is 2.60. The molecule has 1 rings (SSSR count). The molecule has 0 spiro atoms. The SMILES string of the molecule is CNC(=O)C(C)(C)CNCc1cc(OC)ccc1O. The number of phenols is 1. The van der Waals surface area contributed by atoms with Crippen molar-refractivity contribution >= 4 is 5.91 Å². The zero-order chi connectivity index (χ0) is 14.5. The number of ether oxygens (including phenoxy) is 1. The molecule has 1 aromatic rings. The second-order valence-corrected chi connectivity index (χ2v) is 5.06. The highest BCUT2D eigenvalue weighted by molar-refractivity contribution is 5.81. The molecular weight excluding hydrogens is 244 g/mol. The van der Waals surface area contributed by atoms with Gasteiger partial charge in [0.2, 0.25) is 5.91 Å². The molecule has 0 unspecified atom stereocenters. The molecular formula is C14H22N2O3. The van der Waals surface area contributed by atoms with Crippen LogP contribution in [0.4, 0.5) is 0 Å². The van der Waals surface area contributed by atoms with Crippen LogP contribution in [0.25, 0.3) is 0 Å². The van der Waals surface area contributed by atoms with Gasteiger partial charge in [0.25, 0.3) is 0 Å². The lowest BCUT2D eigenvalue weighted by atomic mass is 9.92. The minimum absolute atomic E-state index is 0.0186. The smallest absolute Gasteiger partial charge is 0.226 e. The first kappa shape index (κ1) is 15.3. The summed E-state index contributed by atoms with van der Waals surface area (Å²) in [4.78, 5) is 11.6. The highest BCUT2D eigenvalue weighted by Gasteiger charge is 2.25. The van der Waals surface area contributed by atoms with Gasteiger partial charge in [0.1, 0.15) is 11.5 Å². The standard InChI is InChI=1S/C14H22N2O3/c1-14(2,13(18)15-3)9-16-8-10-7-11(19-4)5-6-12(10)17/h5-7,16-17H,8-9H2,1-4H3,(H,15,18). The van der Waals surface area contributed by atoms with Crippen LogP contribution in [0.15, 0.2) is 18.2 Å². The molecule has 0 bridgehead atoms. The van der Waals surface area contributed by atoms with Crippen molar-refractivity contribution in [2.75, 3.05) is 20.7 Å². The quantitative estimate of drug-likeness (QED) is 0.725.